The van der Waals surface area contributed by atoms with Crippen molar-refractivity contribution in [2.24, 2.45) is 5.92 Å². The van der Waals surface area contributed by atoms with E-state index in [1.807, 2.05) is 6.92 Å². The molecular formula is C13H19Cl3N2O2S. The van der Waals surface area contributed by atoms with Crippen LogP contribution < -0.4 is 10.0 Å². The normalized spacial score (nSPS) is 20.6. The van der Waals surface area contributed by atoms with Crippen molar-refractivity contribution < 1.29 is 8.42 Å². The van der Waals surface area contributed by atoms with Crippen LogP contribution in [0.3, 0.4) is 0 Å². The minimum Gasteiger partial charge on any atom is -0.316 e. The van der Waals surface area contributed by atoms with Crippen LogP contribution in [0.1, 0.15) is 19.8 Å². The van der Waals surface area contributed by atoms with Gasteiger partial charge in [0.2, 0.25) is 10.0 Å². The number of nitrogens with one attached hydrogen (secondary N) is 2. The fourth-order valence-electron chi connectivity index (χ4n) is 2.40. The molecule has 2 N–H and O–H groups in total. The van der Waals surface area contributed by atoms with Crippen LogP contribution in [-0.4, -0.2) is 27.5 Å². The molecule has 120 valence electrons. The Kier molecular flexibility index (Phi) is 7.24. The summed E-state index contributed by atoms with van der Waals surface area (Å²) in [5.41, 5.74) is 0. The van der Waals surface area contributed by atoms with Crippen molar-refractivity contribution in [1.82, 2.24) is 10.0 Å². The van der Waals surface area contributed by atoms with E-state index < -0.39 is 10.0 Å². The summed E-state index contributed by atoms with van der Waals surface area (Å²) in [6, 6.07) is 4.19. The molecule has 0 aliphatic carbocycles. The lowest BCUT2D eigenvalue weighted by Gasteiger charge is -2.28. The van der Waals surface area contributed by atoms with Crippen LogP contribution in [0.15, 0.2) is 23.1 Å². The van der Waals surface area contributed by atoms with Crippen LogP contribution >= 0.6 is 35.6 Å². The van der Waals surface area contributed by atoms with E-state index in [0.717, 1.165) is 25.9 Å². The van der Waals surface area contributed by atoms with Crippen LogP contribution in [0, 0.1) is 5.92 Å². The zero-order chi connectivity index (χ0) is 14.8. The number of piperidine rings is 1. The molecule has 0 amide bonds. The van der Waals surface area contributed by atoms with Gasteiger partial charge in [-0.25, -0.2) is 13.1 Å². The molecule has 1 aromatic rings. The molecule has 1 aliphatic rings. The highest BCUT2D eigenvalue weighted by atomic mass is 35.5. The lowest BCUT2D eigenvalue weighted by atomic mass is 9.94. The third kappa shape index (κ3) is 5.27. The molecule has 0 aromatic heterocycles. The van der Waals surface area contributed by atoms with E-state index in [0.29, 0.717) is 16.0 Å². The van der Waals surface area contributed by atoms with E-state index in [-0.39, 0.29) is 23.3 Å². The molecule has 1 saturated heterocycles. The monoisotopic (exact) mass is 372 g/mol. The van der Waals surface area contributed by atoms with Gasteiger partial charge in [0.1, 0.15) is 0 Å². The number of hydrogen-bond donors (Lipinski definition) is 2. The topological polar surface area (TPSA) is 58.2 Å². The Morgan fingerprint density at radius 3 is 2.43 bits per heavy atom. The van der Waals surface area contributed by atoms with E-state index >= 15 is 0 Å². The molecule has 2 unspecified atom stereocenters. The van der Waals surface area contributed by atoms with E-state index in [1.165, 1.54) is 18.2 Å². The maximum Gasteiger partial charge on any atom is 0.240 e. The second kappa shape index (κ2) is 7.99. The Hall–Kier alpha value is -0.0400. The summed E-state index contributed by atoms with van der Waals surface area (Å²) in [5.74, 6) is 0.299. The SMILES string of the molecule is CC(NS(=O)(=O)c1cc(Cl)cc(Cl)c1)C1CCCNC1.Cl. The maximum atomic E-state index is 12.3. The van der Waals surface area contributed by atoms with E-state index in [4.69, 9.17) is 23.2 Å². The van der Waals surface area contributed by atoms with Crippen LogP contribution in [0.5, 0.6) is 0 Å². The van der Waals surface area contributed by atoms with Crippen molar-refractivity contribution in [3.8, 4) is 0 Å². The molecule has 21 heavy (non-hydrogen) atoms. The van der Waals surface area contributed by atoms with Crippen LogP contribution in [0.25, 0.3) is 0 Å². The number of sulfonamides is 1. The first-order valence-electron chi connectivity index (χ1n) is 6.57. The molecule has 2 atom stereocenters. The lowest BCUT2D eigenvalue weighted by molar-refractivity contribution is 0.320. The lowest BCUT2D eigenvalue weighted by Crippen LogP contribution is -2.44. The molecule has 0 spiro atoms. The number of hydrogen-bond acceptors (Lipinski definition) is 3. The molecule has 1 fully saturated rings. The van der Waals surface area contributed by atoms with Gasteiger partial charge in [-0.15, -0.1) is 12.4 Å². The van der Waals surface area contributed by atoms with Gasteiger partial charge in [-0.1, -0.05) is 23.2 Å². The molecular weight excluding hydrogens is 355 g/mol. The van der Waals surface area contributed by atoms with Crippen molar-refractivity contribution >= 4 is 45.6 Å². The van der Waals surface area contributed by atoms with Gasteiger partial charge < -0.3 is 5.32 Å². The Labute approximate surface area is 142 Å². The summed E-state index contributed by atoms with van der Waals surface area (Å²) in [5, 5.41) is 3.90. The minimum absolute atomic E-state index is 0. The highest BCUT2D eigenvalue weighted by Crippen LogP contribution is 2.23. The average Bonchev–Trinajstić information content (AvgIpc) is 2.38. The predicted octanol–water partition coefficient (Wildman–Crippen LogP) is 3.08. The Morgan fingerprint density at radius 2 is 1.90 bits per heavy atom. The fraction of sp³-hybridized carbons (Fsp3) is 0.538. The van der Waals surface area contributed by atoms with Crippen molar-refractivity contribution in [2.75, 3.05) is 13.1 Å². The summed E-state index contributed by atoms with van der Waals surface area (Å²) < 4.78 is 27.4. The largest absolute Gasteiger partial charge is 0.316 e. The summed E-state index contributed by atoms with van der Waals surface area (Å²) in [6.45, 7) is 3.72. The van der Waals surface area contributed by atoms with Gasteiger partial charge in [-0.2, -0.15) is 0 Å². The maximum absolute atomic E-state index is 12.3. The van der Waals surface area contributed by atoms with E-state index in [1.54, 1.807) is 0 Å². The summed E-state index contributed by atoms with van der Waals surface area (Å²) in [7, 11) is -3.60. The number of benzene rings is 1. The molecule has 2 rings (SSSR count). The molecule has 1 aliphatic heterocycles. The first-order chi connectivity index (χ1) is 9.38. The minimum atomic E-state index is -3.60. The summed E-state index contributed by atoms with van der Waals surface area (Å²) >= 11 is 11.7. The van der Waals surface area contributed by atoms with Crippen LogP contribution in [0.2, 0.25) is 10.0 Å². The van der Waals surface area contributed by atoms with E-state index in [2.05, 4.69) is 10.0 Å². The van der Waals surface area contributed by atoms with Gasteiger partial charge in [-0.3, -0.25) is 0 Å². The highest BCUT2D eigenvalue weighted by molar-refractivity contribution is 7.89. The van der Waals surface area contributed by atoms with E-state index in [9.17, 15) is 8.42 Å². The Bertz CT molecular complexity index is 555. The first kappa shape index (κ1) is 19.0. The van der Waals surface area contributed by atoms with Crippen molar-refractivity contribution in [3.05, 3.63) is 28.2 Å². The average molecular weight is 374 g/mol. The third-order valence-electron chi connectivity index (χ3n) is 3.53. The van der Waals surface area contributed by atoms with Gasteiger partial charge in [0, 0.05) is 16.1 Å². The molecule has 0 saturated carbocycles. The first-order valence-corrected chi connectivity index (χ1v) is 8.81. The second-order valence-corrected chi connectivity index (χ2v) is 7.71. The van der Waals surface area contributed by atoms with Crippen molar-refractivity contribution in [3.63, 3.8) is 0 Å². The molecule has 1 heterocycles. The molecule has 8 heteroatoms. The quantitative estimate of drug-likeness (QED) is 0.852. The highest BCUT2D eigenvalue weighted by Gasteiger charge is 2.25. The zero-order valence-electron chi connectivity index (χ0n) is 11.6. The predicted molar refractivity (Wildman–Crippen MR) is 89.1 cm³/mol. The molecule has 0 bridgehead atoms. The van der Waals surface area contributed by atoms with Crippen molar-refractivity contribution in [1.29, 1.82) is 0 Å². The van der Waals surface area contributed by atoms with Gasteiger partial charge in [-0.05, 0) is 57.0 Å². The van der Waals surface area contributed by atoms with Crippen LogP contribution in [0.4, 0.5) is 0 Å². The van der Waals surface area contributed by atoms with Gasteiger partial charge in [0.25, 0.3) is 0 Å². The standard InChI is InChI=1S/C13H18Cl2N2O2S.ClH/c1-9(10-3-2-4-16-8-10)17-20(18,19)13-6-11(14)5-12(15)7-13;/h5-7,9-10,16-17H,2-4,8H2,1H3;1H. The smallest absolute Gasteiger partial charge is 0.240 e. The number of halogens is 3. The van der Waals surface area contributed by atoms with Gasteiger partial charge in [0.15, 0.2) is 0 Å². The fourth-order valence-corrected chi connectivity index (χ4v) is 4.44. The third-order valence-corrected chi connectivity index (χ3v) is 5.50. The molecule has 1 aromatic carbocycles. The van der Waals surface area contributed by atoms with Crippen molar-refractivity contribution in [2.45, 2.75) is 30.7 Å². The summed E-state index contributed by atoms with van der Waals surface area (Å²) in [6.07, 6.45) is 2.09. The van der Waals surface area contributed by atoms with Crippen LogP contribution in [-0.2, 0) is 10.0 Å². The Balaban J connectivity index is 0.00000220. The molecule has 0 radical (unpaired) electrons. The summed E-state index contributed by atoms with van der Waals surface area (Å²) in [4.78, 5) is 0.102. The Morgan fingerprint density at radius 1 is 1.29 bits per heavy atom. The van der Waals surface area contributed by atoms with Gasteiger partial charge >= 0.3 is 0 Å². The number of rotatable bonds is 4. The van der Waals surface area contributed by atoms with Gasteiger partial charge in [0.05, 0.1) is 4.90 Å². The molecule has 4 nitrogen and oxygen atoms in total. The zero-order valence-corrected chi connectivity index (χ0v) is 14.7. The second-order valence-electron chi connectivity index (χ2n) is 5.12.